The van der Waals surface area contributed by atoms with Gasteiger partial charge in [-0.05, 0) is 43.7 Å². The third kappa shape index (κ3) is 4.96. The molecular formula is C21H28N4O2. The van der Waals surface area contributed by atoms with Crippen molar-refractivity contribution in [3.05, 3.63) is 57.5 Å². The molecule has 0 aliphatic carbocycles. The summed E-state index contributed by atoms with van der Waals surface area (Å²) in [4.78, 5) is 26.2. The fourth-order valence-corrected chi connectivity index (χ4v) is 3.51. The number of carbonyl (C=O) groups is 1. The monoisotopic (exact) mass is 368 g/mol. The van der Waals surface area contributed by atoms with Gasteiger partial charge < -0.3 is 10.2 Å². The van der Waals surface area contributed by atoms with E-state index >= 15 is 0 Å². The Morgan fingerprint density at radius 2 is 1.96 bits per heavy atom. The molecule has 1 aliphatic rings. The lowest BCUT2D eigenvalue weighted by Crippen LogP contribution is -2.39. The van der Waals surface area contributed by atoms with E-state index in [-0.39, 0.29) is 11.5 Å². The van der Waals surface area contributed by atoms with Crippen molar-refractivity contribution in [2.45, 2.75) is 33.1 Å². The smallest absolute Gasteiger partial charge is 0.268 e. The molecule has 1 amide bonds. The van der Waals surface area contributed by atoms with Crippen molar-refractivity contribution < 1.29 is 4.79 Å². The SMILES string of the molecule is Cc1ccc(C)c(CC(=O)NCC2CCN(c3cnn(C)c(=O)c3)CC2)c1. The molecule has 0 atom stereocenters. The van der Waals surface area contributed by atoms with Crippen LogP contribution >= 0.6 is 0 Å². The number of anilines is 1. The van der Waals surface area contributed by atoms with Gasteiger partial charge in [0.05, 0.1) is 18.3 Å². The molecule has 1 aromatic heterocycles. The zero-order valence-corrected chi connectivity index (χ0v) is 16.4. The summed E-state index contributed by atoms with van der Waals surface area (Å²) in [7, 11) is 1.65. The Balaban J connectivity index is 1.46. The van der Waals surface area contributed by atoms with E-state index in [1.165, 1.54) is 10.2 Å². The number of nitrogens with zero attached hydrogens (tertiary/aromatic N) is 3. The quantitative estimate of drug-likeness (QED) is 0.876. The Morgan fingerprint density at radius 3 is 2.67 bits per heavy atom. The highest BCUT2D eigenvalue weighted by Crippen LogP contribution is 2.21. The average molecular weight is 368 g/mol. The van der Waals surface area contributed by atoms with E-state index in [4.69, 9.17) is 0 Å². The first-order chi connectivity index (χ1) is 12.9. The van der Waals surface area contributed by atoms with Crippen LogP contribution in [0.3, 0.4) is 0 Å². The lowest BCUT2D eigenvalue weighted by molar-refractivity contribution is -0.120. The molecule has 0 unspecified atom stereocenters. The molecule has 6 heteroatoms. The summed E-state index contributed by atoms with van der Waals surface area (Å²) in [6, 6.07) is 7.87. The molecule has 1 aliphatic heterocycles. The van der Waals surface area contributed by atoms with Crippen LogP contribution in [0.2, 0.25) is 0 Å². The number of nitrogens with one attached hydrogen (secondary N) is 1. The van der Waals surface area contributed by atoms with Gasteiger partial charge in [-0.25, -0.2) is 4.68 Å². The molecule has 3 rings (SSSR count). The number of benzene rings is 1. The lowest BCUT2D eigenvalue weighted by Gasteiger charge is -2.33. The van der Waals surface area contributed by atoms with Crippen LogP contribution in [0.4, 0.5) is 5.69 Å². The van der Waals surface area contributed by atoms with Crippen LogP contribution in [0.15, 0.2) is 35.3 Å². The molecular weight excluding hydrogens is 340 g/mol. The fourth-order valence-electron chi connectivity index (χ4n) is 3.51. The van der Waals surface area contributed by atoms with Crippen molar-refractivity contribution in [2.75, 3.05) is 24.5 Å². The topological polar surface area (TPSA) is 67.2 Å². The second-order valence-electron chi connectivity index (χ2n) is 7.52. The molecule has 27 heavy (non-hydrogen) atoms. The Bertz CT molecular complexity index is 867. The molecule has 0 saturated carbocycles. The first-order valence-corrected chi connectivity index (χ1v) is 9.53. The van der Waals surface area contributed by atoms with Gasteiger partial charge in [0.2, 0.25) is 5.91 Å². The highest BCUT2D eigenvalue weighted by Gasteiger charge is 2.20. The highest BCUT2D eigenvalue weighted by molar-refractivity contribution is 5.79. The van der Waals surface area contributed by atoms with E-state index < -0.39 is 0 Å². The molecule has 144 valence electrons. The molecule has 6 nitrogen and oxygen atoms in total. The van der Waals surface area contributed by atoms with Gasteiger partial charge in [0, 0.05) is 32.7 Å². The van der Waals surface area contributed by atoms with Crippen LogP contribution in [0.5, 0.6) is 0 Å². The van der Waals surface area contributed by atoms with Crippen LogP contribution in [-0.2, 0) is 18.3 Å². The van der Waals surface area contributed by atoms with Gasteiger partial charge in [0.1, 0.15) is 0 Å². The van der Waals surface area contributed by atoms with E-state index in [0.717, 1.165) is 42.7 Å². The van der Waals surface area contributed by atoms with Gasteiger partial charge in [-0.3, -0.25) is 9.59 Å². The Labute approximate surface area is 160 Å². The van der Waals surface area contributed by atoms with Crippen LogP contribution in [0, 0.1) is 19.8 Å². The summed E-state index contributed by atoms with van der Waals surface area (Å²) >= 11 is 0. The Hall–Kier alpha value is -2.63. The first kappa shape index (κ1) is 19.1. The maximum Gasteiger partial charge on any atom is 0.268 e. The highest BCUT2D eigenvalue weighted by atomic mass is 16.1. The molecule has 2 aromatic rings. The minimum atomic E-state index is -0.0895. The number of hydrogen-bond donors (Lipinski definition) is 1. The summed E-state index contributed by atoms with van der Waals surface area (Å²) in [6.07, 6.45) is 4.18. The number of aryl methyl sites for hydroxylation is 3. The standard InChI is InChI=1S/C21H28N4O2/c1-15-4-5-16(2)18(10-15)11-20(26)22-13-17-6-8-25(9-7-17)19-12-21(27)24(3)23-14-19/h4-5,10,12,14,17H,6-9,11,13H2,1-3H3,(H,22,26). The maximum absolute atomic E-state index is 12.3. The van der Waals surface area contributed by atoms with Gasteiger partial charge >= 0.3 is 0 Å². The summed E-state index contributed by atoms with van der Waals surface area (Å²) < 4.78 is 1.34. The predicted octanol–water partition coefficient (Wildman–Crippen LogP) is 1.97. The molecule has 0 spiro atoms. The molecule has 1 fully saturated rings. The van der Waals surface area contributed by atoms with Gasteiger partial charge in [-0.2, -0.15) is 5.10 Å². The van der Waals surface area contributed by atoms with Gasteiger partial charge in [0.15, 0.2) is 0 Å². The van der Waals surface area contributed by atoms with Crippen LogP contribution in [-0.4, -0.2) is 35.3 Å². The Kier molecular flexibility index (Phi) is 5.94. The zero-order chi connectivity index (χ0) is 19.4. The van der Waals surface area contributed by atoms with Crippen LogP contribution in [0.1, 0.15) is 29.5 Å². The first-order valence-electron chi connectivity index (χ1n) is 9.53. The number of aromatic nitrogens is 2. The largest absolute Gasteiger partial charge is 0.370 e. The van der Waals surface area contributed by atoms with E-state index in [9.17, 15) is 9.59 Å². The number of piperidine rings is 1. The summed E-state index contributed by atoms with van der Waals surface area (Å²) in [5.74, 6) is 0.560. The molecule has 1 N–H and O–H groups in total. The van der Waals surface area contributed by atoms with Gasteiger partial charge in [-0.15, -0.1) is 0 Å². The van der Waals surface area contributed by atoms with Crippen molar-refractivity contribution in [1.29, 1.82) is 0 Å². The molecule has 2 heterocycles. The van der Waals surface area contributed by atoms with Crippen molar-refractivity contribution in [2.24, 2.45) is 13.0 Å². The maximum atomic E-state index is 12.3. The third-order valence-corrected chi connectivity index (χ3v) is 5.38. The van der Waals surface area contributed by atoms with Crippen molar-refractivity contribution in [3.8, 4) is 0 Å². The number of rotatable bonds is 5. The number of carbonyl (C=O) groups excluding carboxylic acids is 1. The van der Waals surface area contributed by atoms with E-state index in [1.807, 2.05) is 13.8 Å². The normalized spacial score (nSPS) is 15.0. The van der Waals surface area contributed by atoms with Crippen molar-refractivity contribution >= 4 is 11.6 Å². The predicted molar refractivity (Wildman–Crippen MR) is 107 cm³/mol. The second-order valence-corrected chi connectivity index (χ2v) is 7.52. The molecule has 0 radical (unpaired) electrons. The summed E-state index contributed by atoms with van der Waals surface area (Å²) in [6.45, 7) is 6.57. The lowest BCUT2D eigenvalue weighted by atomic mass is 9.96. The third-order valence-electron chi connectivity index (χ3n) is 5.38. The van der Waals surface area contributed by atoms with Crippen LogP contribution in [0.25, 0.3) is 0 Å². The average Bonchev–Trinajstić information content (AvgIpc) is 2.66. The summed E-state index contributed by atoms with van der Waals surface area (Å²) in [5.41, 5.74) is 4.23. The van der Waals surface area contributed by atoms with E-state index in [1.54, 1.807) is 19.3 Å². The Morgan fingerprint density at radius 1 is 1.22 bits per heavy atom. The minimum Gasteiger partial charge on any atom is -0.370 e. The molecule has 1 aromatic carbocycles. The minimum absolute atomic E-state index is 0.0851. The van der Waals surface area contributed by atoms with E-state index in [0.29, 0.717) is 18.9 Å². The van der Waals surface area contributed by atoms with E-state index in [2.05, 4.69) is 33.5 Å². The van der Waals surface area contributed by atoms with Crippen molar-refractivity contribution in [3.63, 3.8) is 0 Å². The summed E-state index contributed by atoms with van der Waals surface area (Å²) in [5, 5.41) is 7.19. The van der Waals surface area contributed by atoms with Crippen molar-refractivity contribution in [1.82, 2.24) is 15.1 Å². The number of hydrogen-bond acceptors (Lipinski definition) is 4. The molecule has 0 bridgehead atoms. The van der Waals surface area contributed by atoms with Gasteiger partial charge in [-0.1, -0.05) is 23.8 Å². The van der Waals surface area contributed by atoms with Crippen LogP contribution < -0.4 is 15.8 Å². The zero-order valence-electron chi connectivity index (χ0n) is 16.4. The fraction of sp³-hybridized carbons (Fsp3) is 0.476. The van der Waals surface area contributed by atoms with Gasteiger partial charge in [0.25, 0.3) is 5.56 Å². The number of amides is 1. The second kappa shape index (κ2) is 8.37. The molecule has 1 saturated heterocycles.